The van der Waals surface area contributed by atoms with Crippen molar-refractivity contribution in [3.63, 3.8) is 0 Å². The van der Waals surface area contributed by atoms with Crippen LogP contribution in [0.2, 0.25) is 0 Å². The van der Waals surface area contributed by atoms with E-state index in [0.29, 0.717) is 6.54 Å². The fourth-order valence-electron chi connectivity index (χ4n) is 2.10. The summed E-state index contributed by atoms with van der Waals surface area (Å²) in [4.78, 5) is 11.1. The molecule has 118 valence electrons. The summed E-state index contributed by atoms with van der Waals surface area (Å²) in [5.74, 6) is 1.30. The maximum Gasteiger partial charge on any atom is 0.227 e. The quantitative estimate of drug-likeness (QED) is 0.845. The molecule has 0 saturated heterocycles. The first kappa shape index (κ1) is 16.2. The van der Waals surface area contributed by atoms with Crippen molar-refractivity contribution in [1.29, 1.82) is 0 Å². The number of aryl methyl sites for hydroxylation is 1. The van der Waals surface area contributed by atoms with Gasteiger partial charge < -0.3 is 10.2 Å². The van der Waals surface area contributed by atoms with Gasteiger partial charge in [-0.25, -0.2) is 9.37 Å². The standard InChI is InChI=1S/C17H23FN4/c1-4-5-10-22(3)17-20-13(2)11-16(21-17)19-12-14-6-8-15(18)9-7-14/h6-9,11H,4-5,10,12H2,1-3H3,(H,19,20,21). The average Bonchev–Trinajstić information content (AvgIpc) is 2.51. The van der Waals surface area contributed by atoms with Crippen molar-refractivity contribution in [3.05, 3.63) is 47.4 Å². The number of hydrogen-bond acceptors (Lipinski definition) is 4. The van der Waals surface area contributed by atoms with Gasteiger partial charge in [-0.3, -0.25) is 0 Å². The van der Waals surface area contributed by atoms with Crippen LogP contribution in [0.15, 0.2) is 30.3 Å². The van der Waals surface area contributed by atoms with Crippen LogP contribution in [0, 0.1) is 12.7 Å². The minimum atomic E-state index is -0.221. The average molecular weight is 302 g/mol. The van der Waals surface area contributed by atoms with E-state index in [9.17, 15) is 4.39 Å². The Morgan fingerprint density at radius 2 is 1.91 bits per heavy atom. The van der Waals surface area contributed by atoms with Gasteiger partial charge >= 0.3 is 0 Å². The molecule has 0 spiro atoms. The summed E-state index contributed by atoms with van der Waals surface area (Å²) in [7, 11) is 2.01. The largest absolute Gasteiger partial charge is 0.366 e. The number of nitrogens with one attached hydrogen (secondary N) is 1. The van der Waals surface area contributed by atoms with E-state index in [1.165, 1.54) is 12.1 Å². The van der Waals surface area contributed by atoms with Gasteiger partial charge in [0.25, 0.3) is 0 Å². The van der Waals surface area contributed by atoms with Gasteiger partial charge in [-0.2, -0.15) is 4.98 Å². The van der Waals surface area contributed by atoms with Gasteiger partial charge in [0, 0.05) is 31.9 Å². The number of unbranched alkanes of at least 4 members (excludes halogenated alkanes) is 1. The molecule has 0 atom stereocenters. The Hall–Kier alpha value is -2.17. The van der Waals surface area contributed by atoms with Crippen LogP contribution < -0.4 is 10.2 Å². The summed E-state index contributed by atoms with van der Waals surface area (Å²) in [5, 5.41) is 3.27. The van der Waals surface area contributed by atoms with Crippen molar-refractivity contribution < 1.29 is 4.39 Å². The number of rotatable bonds is 7. The van der Waals surface area contributed by atoms with Crippen molar-refractivity contribution >= 4 is 11.8 Å². The first-order chi connectivity index (χ1) is 10.6. The number of benzene rings is 1. The highest BCUT2D eigenvalue weighted by Crippen LogP contribution is 2.14. The second-order valence-electron chi connectivity index (χ2n) is 5.45. The summed E-state index contributed by atoms with van der Waals surface area (Å²) in [5.41, 5.74) is 1.94. The van der Waals surface area contributed by atoms with Gasteiger partial charge in [0.15, 0.2) is 0 Å². The first-order valence-corrected chi connectivity index (χ1v) is 7.63. The molecular weight excluding hydrogens is 279 g/mol. The van der Waals surface area contributed by atoms with Gasteiger partial charge in [0.1, 0.15) is 11.6 Å². The van der Waals surface area contributed by atoms with E-state index in [2.05, 4.69) is 27.1 Å². The van der Waals surface area contributed by atoms with Crippen LogP contribution in [0.4, 0.5) is 16.2 Å². The van der Waals surface area contributed by atoms with Crippen molar-refractivity contribution in [2.75, 3.05) is 23.8 Å². The number of halogens is 1. The zero-order chi connectivity index (χ0) is 15.9. The fraction of sp³-hybridized carbons (Fsp3) is 0.412. The second-order valence-corrected chi connectivity index (χ2v) is 5.45. The molecule has 0 bridgehead atoms. The summed E-state index contributed by atoms with van der Waals surface area (Å²) >= 11 is 0. The van der Waals surface area contributed by atoms with E-state index in [4.69, 9.17) is 0 Å². The molecule has 2 aromatic rings. The lowest BCUT2D eigenvalue weighted by Crippen LogP contribution is -2.21. The van der Waals surface area contributed by atoms with Crippen molar-refractivity contribution in [3.8, 4) is 0 Å². The van der Waals surface area contributed by atoms with E-state index >= 15 is 0 Å². The van der Waals surface area contributed by atoms with Crippen LogP contribution in [-0.4, -0.2) is 23.6 Å². The van der Waals surface area contributed by atoms with Crippen LogP contribution in [-0.2, 0) is 6.54 Å². The third-order valence-electron chi connectivity index (χ3n) is 3.42. The lowest BCUT2D eigenvalue weighted by atomic mass is 10.2. The maximum absolute atomic E-state index is 12.9. The Balaban J connectivity index is 2.04. The van der Waals surface area contributed by atoms with E-state index in [0.717, 1.165) is 42.4 Å². The molecule has 4 nitrogen and oxygen atoms in total. The minimum Gasteiger partial charge on any atom is -0.366 e. The van der Waals surface area contributed by atoms with Crippen molar-refractivity contribution in [2.24, 2.45) is 0 Å². The van der Waals surface area contributed by atoms with E-state index in [-0.39, 0.29) is 5.82 Å². The third kappa shape index (κ3) is 4.69. The Bertz CT molecular complexity index is 598. The summed E-state index contributed by atoms with van der Waals surface area (Å²) in [6.07, 6.45) is 2.26. The Morgan fingerprint density at radius 1 is 1.18 bits per heavy atom. The molecule has 0 radical (unpaired) electrons. The highest BCUT2D eigenvalue weighted by atomic mass is 19.1. The zero-order valence-electron chi connectivity index (χ0n) is 13.4. The van der Waals surface area contributed by atoms with Crippen LogP contribution in [0.1, 0.15) is 31.0 Å². The molecule has 0 aliphatic heterocycles. The van der Waals surface area contributed by atoms with E-state index in [1.807, 2.05) is 20.0 Å². The predicted molar refractivity (Wildman–Crippen MR) is 88.7 cm³/mol. The van der Waals surface area contributed by atoms with Gasteiger partial charge in [0.2, 0.25) is 5.95 Å². The topological polar surface area (TPSA) is 41.1 Å². The summed E-state index contributed by atoms with van der Waals surface area (Å²) in [6, 6.07) is 8.38. The molecule has 0 saturated carbocycles. The molecule has 1 aromatic carbocycles. The highest BCUT2D eigenvalue weighted by molar-refractivity contribution is 5.43. The van der Waals surface area contributed by atoms with Gasteiger partial charge in [0.05, 0.1) is 0 Å². The van der Waals surface area contributed by atoms with Gasteiger partial charge in [-0.15, -0.1) is 0 Å². The molecular formula is C17H23FN4. The molecule has 0 amide bonds. The molecule has 1 N–H and O–H groups in total. The molecule has 0 unspecified atom stereocenters. The number of aromatic nitrogens is 2. The lowest BCUT2D eigenvalue weighted by Gasteiger charge is -2.18. The molecule has 5 heteroatoms. The molecule has 0 fully saturated rings. The number of anilines is 2. The lowest BCUT2D eigenvalue weighted by molar-refractivity contribution is 0.627. The highest BCUT2D eigenvalue weighted by Gasteiger charge is 2.07. The Morgan fingerprint density at radius 3 is 2.59 bits per heavy atom. The fourth-order valence-corrected chi connectivity index (χ4v) is 2.10. The van der Waals surface area contributed by atoms with E-state index < -0.39 is 0 Å². The SMILES string of the molecule is CCCCN(C)c1nc(C)cc(NCc2ccc(F)cc2)n1. The van der Waals surface area contributed by atoms with Crippen molar-refractivity contribution in [1.82, 2.24) is 9.97 Å². The molecule has 1 aromatic heterocycles. The van der Waals surface area contributed by atoms with Gasteiger partial charge in [-0.05, 0) is 31.0 Å². The van der Waals surface area contributed by atoms with Crippen LogP contribution in [0.3, 0.4) is 0 Å². The second kappa shape index (κ2) is 7.73. The smallest absolute Gasteiger partial charge is 0.227 e. The summed E-state index contributed by atoms with van der Waals surface area (Å²) < 4.78 is 12.9. The Labute approximate surface area is 131 Å². The molecule has 1 heterocycles. The predicted octanol–water partition coefficient (Wildman–Crippen LogP) is 3.77. The maximum atomic E-state index is 12.9. The van der Waals surface area contributed by atoms with Crippen LogP contribution >= 0.6 is 0 Å². The summed E-state index contributed by atoms with van der Waals surface area (Å²) in [6.45, 7) is 5.68. The van der Waals surface area contributed by atoms with Crippen molar-refractivity contribution in [2.45, 2.75) is 33.2 Å². The third-order valence-corrected chi connectivity index (χ3v) is 3.42. The Kier molecular flexibility index (Phi) is 5.69. The zero-order valence-corrected chi connectivity index (χ0v) is 13.4. The molecule has 0 aliphatic carbocycles. The van der Waals surface area contributed by atoms with Crippen LogP contribution in [0.25, 0.3) is 0 Å². The van der Waals surface area contributed by atoms with E-state index in [1.54, 1.807) is 12.1 Å². The number of nitrogens with zero attached hydrogens (tertiary/aromatic N) is 3. The molecule has 0 aliphatic rings. The minimum absolute atomic E-state index is 0.221. The van der Waals surface area contributed by atoms with Gasteiger partial charge in [-0.1, -0.05) is 25.5 Å². The van der Waals surface area contributed by atoms with Crippen LogP contribution in [0.5, 0.6) is 0 Å². The molecule has 22 heavy (non-hydrogen) atoms. The normalized spacial score (nSPS) is 10.5. The monoisotopic (exact) mass is 302 g/mol. The molecule has 2 rings (SSSR count). The first-order valence-electron chi connectivity index (χ1n) is 7.63. The number of hydrogen-bond donors (Lipinski definition) is 1.